The first-order valence-electron chi connectivity index (χ1n) is 11.5. The van der Waals surface area contributed by atoms with Gasteiger partial charge in [-0.05, 0) is 26.2 Å². The Bertz CT molecular complexity index is 815. The Labute approximate surface area is 210 Å². The highest BCUT2D eigenvalue weighted by Crippen LogP contribution is 2.26. The summed E-state index contributed by atoms with van der Waals surface area (Å²) in [6.45, 7) is 5.79. The number of rotatable bonds is 17. The second kappa shape index (κ2) is 14.8. The summed E-state index contributed by atoms with van der Waals surface area (Å²) in [4.78, 5) is 47.7. The molecule has 0 aliphatic carbocycles. The lowest BCUT2D eigenvalue weighted by Crippen LogP contribution is -2.47. The molecule has 0 aliphatic heterocycles. The average molecular weight is 550 g/mol. The molecule has 37 heavy (non-hydrogen) atoms. The number of carbonyl (C=O) groups excluding carboxylic acids is 4. The summed E-state index contributed by atoms with van der Waals surface area (Å²) >= 11 is 0. The number of hydrogen-bond acceptors (Lipinski definition) is 8. The lowest BCUT2D eigenvalue weighted by molar-refractivity contribution is -0.203. The van der Waals surface area contributed by atoms with Crippen LogP contribution in [0.1, 0.15) is 66.2 Å². The molecule has 0 radical (unpaired) electrons. The van der Waals surface area contributed by atoms with Crippen molar-refractivity contribution in [2.24, 2.45) is 0 Å². The summed E-state index contributed by atoms with van der Waals surface area (Å²) in [7, 11) is 0. The zero-order valence-corrected chi connectivity index (χ0v) is 21.1. The lowest BCUT2D eigenvalue weighted by Gasteiger charge is -2.28. The minimum Gasteiger partial charge on any atom is -0.457 e. The van der Waals surface area contributed by atoms with E-state index in [1.165, 1.54) is 20.8 Å². The highest BCUT2D eigenvalue weighted by molar-refractivity contribution is 5.87. The van der Waals surface area contributed by atoms with Crippen LogP contribution in [0.5, 0.6) is 0 Å². The van der Waals surface area contributed by atoms with E-state index < -0.39 is 86.3 Å². The van der Waals surface area contributed by atoms with Crippen molar-refractivity contribution in [1.82, 2.24) is 0 Å². The summed E-state index contributed by atoms with van der Waals surface area (Å²) in [6.07, 6.45) is -7.61. The van der Waals surface area contributed by atoms with E-state index in [1.807, 2.05) is 0 Å². The van der Waals surface area contributed by atoms with Gasteiger partial charge in [0.2, 0.25) is 0 Å². The molecule has 0 aromatic rings. The van der Waals surface area contributed by atoms with Crippen LogP contribution < -0.4 is 0 Å². The van der Waals surface area contributed by atoms with Crippen LogP contribution in [0.2, 0.25) is 0 Å². The van der Waals surface area contributed by atoms with Gasteiger partial charge in [0, 0.05) is 24.8 Å². The molecule has 0 aromatic carbocycles. The molecule has 0 rings (SSSR count). The third-order valence-electron chi connectivity index (χ3n) is 4.63. The third-order valence-corrected chi connectivity index (χ3v) is 4.63. The summed E-state index contributed by atoms with van der Waals surface area (Å²) in [6, 6.07) is 0. The highest BCUT2D eigenvalue weighted by Gasteiger charge is 2.46. The smallest absolute Gasteiger partial charge is 0.377 e. The second-order valence-electron chi connectivity index (χ2n) is 8.23. The van der Waals surface area contributed by atoms with Crippen molar-refractivity contribution in [3.63, 3.8) is 0 Å². The minimum atomic E-state index is -4.09. The molecule has 214 valence electrons. The molecule has 0 aliphatic rings. The maximum Gasteiger partial charge on any atom is 0.377 e. The fourth-order valence-corrected chi connectivity index (χ4v) is 2.67. The molecule has 0 N–H and O–H groups in total. The summed E-state index contributed by atoms with van der Waals surface area (Å²) in [5.41, 5.74) is -0.291. The van der Waals surface area contributed by atoms with Crippen LogP contribution in [-0.2, 0) is 38.1 Å². The van der Waals surface area contributed by atoms with Gasteiger partial charge in [-0.1, -0.05) is 27.4 Å². The molecular weight excluding hydrogens is 518 g/mol. The number of carbonyl (C=O) groups is 4. The van der Waals surface area contributed by atoms with Gasteiger partial charge in [0.25, 0.3) is 0 Å². The minimum absolute atomic E-state index is 0.120. The van der Waals surface area contributed by atoms with Crippen LogP contribution in [0.4, 0.5) is 26.3 Å². The third kappa shape index (κ3) is 11.4. The van der Waals surface area contributed by atoms with E-state index in [0.717, 1.165) is 6.92 Å². The van der Waals surface area contributed by atoms with Crippen molar-refractivity contribution >= 4 is 23.9 Å². The predicted octanol–water partition coefficient (Wildman–Crippen LogP) is 4.78. The quantitative estimate of drug-likeness (QED) is 0.110. The molecule has 8 nitrogen and oxygen atoms in total. The normalized spacial score (nSPS) is 13.8. The van der Waals surface area contributed by atoms with Gasteiger partial charge >= 0.3 is 41.6 Å². The molecule has 2 unspecified atom stereocenters. The average Bonchev–Trinajstić information content (AvgIpc) is 2.78. The SMILES string of the molecule is C=C(C)C(=O)OC(COC(=O)C(F)(F)CCC)C(COC(=O)C(F)(F)CCC)OC(=O)C(F)(F)CCC. The van der Waals surface area contributed by atoms with Gasteiger partial charge in [0.15, 0.2) is 12.2 Å². The van der Waals surface area contributed by atoms with Crippen molar-refractivity contribution in [2.75, 3.05) is 13.2 Å². The molecule has 0 amide bonds. The van der Waals surface area contributed by atoms with E-state index in [2.05, 4.69) is 20.8 Å². The van der Waals surface area contributed by atoms with Gasteiger partial charge in [-0.25, -0.2) is 19.2 Å². The Morgan fingerprint density at radius 2 is 0.973 bits per heavy atom. The fraction of sp³-hybridized carbons (Fsp3) is 0.739. The van der Waals surface area contributed by atoms with Crippen molar-refractivity contribution in [2.45, 2.75) is 96.2 Å². The summed E-state index contributed by atoms with van der Waals surface area (Å²) < 4.78 is 102. The van der Waals surface area contributed by atoms with E-state index in [1.54, 1.807) is 0 Å². The van der Waals surface area contributed by atoms with E-state index in [-0.39, 0.29) is 24.8 Å². The lowest BCUT2D eigenvalue weighted by atomic mass is 10.1. The largest absolute Gasteiger partial charge is 0.457 e. The number of esters is 4. The molecular formula is C23H32F6O8. The fourth-order valence-electron chi connectivity index (χ4n) is 2.67. The Balaban J connectivity index is 6.08. The van der Waals surface area contributed by atoms with E-state index in [4.69, 9.17) is 4.74 Å². The second-order valence-corrected chi connectivity index (χ2v) is 8.23. The predicted molar refractivity (Wildman–Crippen MR) is 116 cm³/mol. The van der Waals surface area contributed by atoms with Crippen LogP contribution in [-0.4, -0.2) is 67.1 Å². The van der Waals surface area contributed by atoms with Gasteiger partial charge < -0.3 is 18.9 Å². The zero-order chi connectivity index (χ0) is 29.0. The first-order chi connectivity index (χ1) is 16.9. The van der Waals surface area contributed by atoms with Gasteiger partial charge in [0.1, 0.15) is 13.2 Å². The number of hydrogen-bond donors (Lipinski definition) is 0. The van der Waals surface area contributed by atoms with E-state index in [9.17, 15) is 45.5 Å². The molecule has 0 bridgehead atoms. The van der Waals surface area contributed by atoms with Crippen LogP contribution in [0.3, 0.4) is 0 Å². The molecule has 0 spiro atoms. The van der Waals surface area contributed by atoms with Gasteiger partial charge in [-0.2, -0.15) is 26.3 Å². The molecule has 0 heterocycles. The zero-order valence-electron chi connectivity index (χ0n) is 21.1. The monoisotopic (exact) mass is 550 g/mol. The standard InChI is InChI=1S/C23H32F6O8/c1-6-9-21(24,25)18(31)34-12-15(36-17(30)14(4)5)16(37-20(33)23(28,29)11-8-3)13-35-19(32)22(26,27)10-7-2/h15-16H,4,6-13H2,1-3,5H3. The molecule has 0 fully saturated rings. The Hall–Kier alpha value is -2.80. The highest BCUT2D eigenvalue weighted by atomic mass is 19.3. The maximum atomic E-state index is 14.1. The topological polar surface area (TPSA) is 105 Å². The van der Waals surface area contributed by atoms with Crippen LogP contribution in [0, 0.1) is 0 Å². The van der Waals surface area contributed by atoms with Crippen molar-refractivity contribution < 1.29 is 64.5 Å². The van der Waals surface area contributed by atoms with Crippen LogP contribution >= 0.6 is 0 Å². The van der Waals surface area contributed by atoms with Crippen molar-refractivity contribution in [1.29, 1.82) is 0 Å². The van der Waals surface area contributed by atoms with E-state index in [0.29, 0.717) is 0 Å². The van der Waals surface area contributed by atoms with Gasteiger partial charge in [-0.15, -0.1) is 0 Å². The maximum absolute atomic E-state index is 14.1. The Kier molecular flexibility index (Phi) is 13.7. The number of alkyl halides is 6. The number of halogens is 6. The summed E-state index contributed by atoms with van der Waals surface area (Å²) in [5.74, 6) is -19.7. The van der Waals surface area contributed by atoms with Crippen molar-refractivity contribution in [3.05, 3.63) is 12.2 Å². The molecule has 0 aromatic heterocycles. The molecule has 14 heteroatoms. The van der Waals surface area contributed by atoms with Gasteiger partial charge in [0.05, 0.1) is 0 Å². The molecule has 0 saturated carbocycles. The number of ether oxygens (including phenoxy) is 4. The van der Waals surface area contributed by atoms with E-state index >= 15 is 0 Å². The first-order valence-corrected chi connectivity index (χ1v) is 11.5. The van der Waals surface area contributed by atoms with Gasteiger partial charge in [-0.3, -0.25) is 0 Å². The van der Waals surface area contributed by atoms with Crippen LogP contribution in [0.15, 0.2) is 12.2 Å². The Morgan fingerprint density at radius 3 is 1.30 bits per heavy atom. The molecule has 0 saturated heterocycles. The molecule has 2 atom stereocenters. The van der Waals surface area contributed by atoms with Crippen LogP contribution in [0.25, 0.3) is 0 Å². The van der Waals surface area contributed by atoms with Crippen molar-refractivity contribution in [3.8, 4) is 0 Å². The first kappa shape index (κ1) is 34.2. The Morgan fingerprint density at radius 1 is 0.649 bits per heavy atom. The summed E-state index contributed by atoms with van der Waals surface area (Å²) in [5, 5.41) is 0.